The van der Waals surface area contributed by atoms with Crippen LogP contribution in [-0.4, -0.2) is 24.8 Å². The number of hydrogen-bond acceptors (Lipinski definition) is 3. The predicted molar refractivity (Wildman–Crippen MR) is 59.4 cm³/mol. The quantitative estimate of drug-likeness (QED) is 0.768. The van der Waals surface area contributed by atoms with Crippen molar-refractivity contribution >= 4 is 11.6 Å². The molecular weight excluding hydrogens is 214 g/mol. The molecule has 0 amide bonds. The molecule has 1 aliphatic rings. The van der Waals surface area contributed by atoms with Crippen molar-refractivity contribution in [2.45, 2.75) is 18.6 Å². The molecule has 3 nitrogen and oxygen atoms in total. The summed E-state index contributed by atoms with van der Waals surface area (Å²) in [7, 11) is 1.86. The summed E-state index contributed by atoms with van der Waals surface area (Å²) in [5.74, 6) is 0.727. The number of rotatable bonds is 1. The molecule has 15 heavy (non-hydrogen) atoms. The smallest absolute Gasteiger partial charge is 0.125 e. The molecule has 4 heteroatoms. The predicted octanol–water partition coefficient (Wildman–Crippen LogP) is 1.74. The Morgan fingerprint density at radius 2 is 2.33 bits per heavy atom. The van der Waals surface area contributed by atoms with Gasteiger partial charge in [0.2, 0.25) is 0 Å². The molecule has 2 rings (SSSR count). The molecule has 0 saturated heterocycles. The lowest BCUT2D eigenvalue weighted by Gasteiger charge is -2.14. The van der Waals surface area contributed by atoms with Gasteiger partial charge in [0, 0.05) is 16.6 Å². The first kappa shape index (κ1) is 10.7. The molecular formula is C11H14ClNO2. The van der Waals surface area contributed by atoms with Crippen molar-refractivity contribution in [1.29, 1.82) is 0 Å². The van der Waals surface area contributed by atoms with Gasteiger partial charge in [-0.3, -0.25) is 0 Å². The Balaban J connectivity index is 2.31. The molecule has 0 saturated carbocycles. The molecule has 0 aliphatic carbocycles. The monoisotopic (exact) mass is 227 g/mol. The van der Waals surface area contributed by atoms with Gasteiger partial charge in [-0.2, -0.15) is 0 Å². The summed E-state index contributed by atoms with van der Waals surface area (Å²) >= 11 is 5.88. The second-order valence-corrected chi connectivity index (χ2v) is 4.17. The fourth-order valence-corrected chi connectivity index (χ4v) is 1.95. The number of aliphatic hydroxyl groups excluding tert-OH is 1. The van der Waals surface area contributed by atoms with Gasteiger partial charge >= 0.3 is 0 Å². The lowest BCUT2D eigenvalue weighted by molar-refractivity contribution is 0.153. The topological polar surface area (TPSA) is 41.5 Å². The summed E-state index contributed by atoms with van der Waals surface area (Å²) < 4.78 is 5.60. The number of fused-ring (bicyclic) bond motifs is 1. The summed E-state index contributed by atoms with van der Waals surface area (Å²) in [5, 5.41) is 13.7. The van der Waals surface area contributed by atoms with E-state index in [4.69, 9.17) is 16.3 Å². The molecule has 0 fully saturated rings. The van der Waals surface area contributed by atoms with E-state index in [0.29, 0.717) is 18.1 Å². The molecule has 0 aromatic heterocycles. The highest BCUT2D eigenvalue weighted by atomic mass is 35.5. The second kappa shape index (κ2) is 4.39. The lowest BCUT2D eigenvalue weighted by atomic mass is 10.0. The number of nitrogens with one attached hydrogen (secondary N) is 1. The zero-order chi connectivity index (χ0) is 10.8. The van der Waals surface area contributed by atoms with Crippen molar-refractivity contribution in [3.8, 4) is 5.75 Å². The first-order valence-corrected chi connectivity index (χ1v) is 5.36. The van der Waals surface area contributed by atoms with Gasteiger partial charge in [0.05, 0.1) is 6.10 Å². The molecule has 1 aliphatic heterocycles. The van der Waals surface area contributed by atoms with Gasteiger partial charge < -0.3 is 15.2 Å². The fraction of sp³-hybridized carbons (Fsp3) is 0.455. The van der Waals surface area contributed by atoms with Crippen molar-refractivity contribution in [2.75, 3.05) is 13.7 Å². The standard InChI is InChI=1S/C11H14ClNO2/c1-13-8-5-10(14)9-4-7(12)2-3-11(9)15-6-8/h2-4,8,10,13-14H,5-6H2,1H3/t8-,10-/m0/s1. The molecule has 1 aromatic rings. The first-order chi connectivity index (χ1) is 7.20. The van der Waals surface area contributed by atoms with Crippen LogP contribution in [0.3, 0.4) is 0 Å². The number of ether oxygens (including phenoxy) is 1. The zero-order valence-corrected chi connectivity index (χ0v) is 9.29. The zero-order valence-electron chi connectivity index (χ0n) is 8.53. The minimum Gasteiger partial charge on any atom is -0.492 e. The Hall–Kier alpha value is -0.770. The van der Waals surface area contributed by atoms with Crippen molar-refractivity contribution < 1.29 is 9.84 Å². The largest absolute Gasteiger partial charge is 0.492 e. The Morgan fingerprint density at radius 1 is 1.53 bits per heavy atom. The average Bonchev–Trinajstić information content (AvgIpc) is 2.39. The molecule has 82 valence electrons. The van der Waals surface area contributed by atoms with Gasteiger partial charge in [0.1, 0.15) is 12.4 Å². The number of halogens is 1. The van der Waals surface area contributed by atoms with Crippen LogP contribution in [-0.2, 0) is 0 Å². The van der Waals surface area contributed by atoms with Crippen LogP contribution in [0, 0.1) is 0 Å². The third kappa shape index (κ3) is 2.25. The Morgan fingerprint density at radius 3 is 3.07 bits per heavy atom. The molecule has 0 bridgehead atoms. The van der Waals surface area contributed by atoms with Crippen LogP contribution in [0.5, 0.6) is 5.75 Å². The third-order valence-corrected chi connectivity index (χ3v) is 2.92. The maximum Gasteiger partial charge on any atom is 0.125 e. The molecule has 1 aromatic carbocycles. The molecule has 2 N–H and O–H groups in total. The molecule has 0 unspecified atom stereocenters. The van der Waals surface area contributed by atoms with Gasteiger partial charge in [0.15, 0.2) is 0 Å². The highest BCUT2D eigenvalue weighted by Gasteiger charge is 2.23. The van der Waals surface area contributed by atoms with Crippen molar-refractivity contribution in [2.24, 2.45) is 0 Å². The van der Waals surface area contributed by atoms with E-state index >= 15 is 0 Å². The minimum atomic E-state index is -0.515. The van der Waals surface area contributed by atoms with E-state index in [0.717, 1.165) is 11.3 Å². The van der Waals surface area contributed by atoms with E-state index < -0.39 is 6.10 Å². The van der Waals surface area contributed by atoms with E-state index in [-0.39, 0.29) is 6.04 Å². The first-order valence-electron chi connectivity index (χ1n) is 4.98. The highest BCUT2D eigenvalue weighted by molar-refractivity contribution is 6.30. The van der Waals surface area contributed by atoms with E-state index in [1.165, 1.54) is 0 Å². The summed E-state index contributed by atoms with van der Waals surface area (Å²) in [5.41, 5.74) is 0.778. The van der Waals surface area contributed by atoms with Crippen molar-refractivity contribution in [1.82, 2.24) is 5.32 Å². The Kier molecular flexibility index (Phi) is 3.14. The SMILES string of the molecule is CN[C@@H]1COc2ccc(Cl)cc2[C@@H](O)C1. The van der Waals surface area contributed by atoms with E-state index in [2.05, 4.69) is 5.32 Å². The van der Waals surface area contributed by atoms with Gasteiger partial charge in [0.25, 0.3) is 0 Å². The van der Waals surface area contributed by atoms with Crippen LogP contribution in [0.15, 0.2) is 18.2 Å². The number of hydrogen-bond donors (Lipinski definition) is 2. The van der Waals surface area contributed by atoms with E-state index in [9.17, 15) is 5.11 Å². The van der Waals surface area contributed by atoms with Crippen LogP contribution < -0.4 is 10.1 Å². The van der Waals surface area contributed by atoms with Crippen molar-refractivity contribution in [3.05, 3.63) is 28.8 Å². The molecule has 0 radical (unpaired) electrons. The van der Waals surface area contributed by atoms with Crippen molar-refractivity contribution in [3.63, 3.8) is 0 Å². The van der Waals surface area contributed by atoms with E-state index in [1.807, 2.05) is 7.05 Å². The third-order valence-electron chi connectivity index (χ3n) is 2.69. The summed E-state index contributed by atoms with van der Waals surface area (Å²) in [6, 6.07) is 5.51. The van der Waals surface area contributed by atoms with Crippen LogP contribution in [0.25, 0.3) is 0 Å². The minimum absolute atomic E-state index is 0.172. The van der Waals surface area contributed by atoms with Gasteiger partial charge in [-0.05, 0) is 31.7 Å². The maximum atomic E-state index is 9.99. The summed E-state index contributed by atoms with van der Waals surface area (Å²) in [6.07, 6.45) is 0.128. The summed E-state index contributed by atoms with van der Waals surface area (Å²) in [6.45, 7) is 0.572. The van der Waals surface area contributed by atoms with Crippen LogP contribution in [0.1, 0.15) is 18.1 Å². The Labute approximate surface area is 94.0 Å². The maximum absolute atomic E-state index is 9.99. The van der Waals surface area contributed by atoms with Gasteiger partial charge in [-0.25, -0.2) is 0 Å². The van der Waals surface area contributed by atoms with Gasteiger partial charge in [-0.1, -0.05) is 11.6 Å². The highest BCUT2D eigenvalue weighted by Crippen LogP contribution is 2.33. The lowest BCUT2D eigenvalue weighted by Crippen LogP contribution is -2.31. The molecule has 1 heterocycles. The number of likely N-dealkylation sites (N-methyl/N-ethyl adjacent to an activating group) is 1. The van der Waals surface area contributed by atoms with Crippen LogP contribution in [0.2, 0.25) is 5.02 Å². The molecule has 0 spiro atoms. The second-order valence-electron chi connectivity index (χ2n) is 3.73. The summed E-state index contributed by atoms with van der Waals surface area (Å²) in [4.78, 5) is 0. The number of aliphatic hydroxyl groups is 1. The Bertz CT molecular complexity index is 356. The number of benzene rings is 1. The average molecular weight is 228 g/mol. The fourth-order valence-electron chi connectivity index (χ4n) is 1.77. The van der Waals surface area contributed by atoms with Gasteiger partial charge in [-0.15, -0.1) is 0 Å². The van der Waals surface area contributed by atoms with Crippen LogP contribution in [0.4, 0.5) is 0 Å². The normalized spacial score (nSPS) is 25.3. The molecule has 2 atom stereocenters. The van der Waals surface area contributed by atoms with Crippen LogP contribution >= 0.6 is 11.6 Å². The van der Waals surface area contributed by atoms with E-state index in [1.54, 1.807) is 18.2 Å².